The van der Waals surface area contributed by atoms with E-state index in [0.29, 0.717) is 17.5 Å². The van der Waals surface area contributed by atoms with Gasteiger partial charge in [0, 0.05) is 12.0 Å². The molecule has 11 heteroatoms. The van der Waals surface area contributed by atoms with Gasteiger partial charge in [-0.05, 0) is 50.0 Å². The van der Waals surface area contributed by atoms with Crippen LogP contribution in [0.25, 0.3) is 22.6 Å². The molecule has 2 unspecified atom stereocenters. The first-order chi connectivity index (χ1) is 16.4. The van der Waals surface area contributed by atoms with E-state index >= 15 is 4.39 Å². The highest BCUT2D eigenvalue weighted by Gasteiger charge is 2.48. The van der Waals surface area contributed by atoms with Crippen molar-refractivity contribution >= 4 is 22.8 Å². The average molecular weight is 465 g/mol. The lowest BCUT2D eigenvalue weighted by Crippen LogP contribution is -2.51. The number of anilines is 1. The summed E-state index contributed by atoms with van der Waals surface area (Å²) in [7, 11) is 0. The van der Waals surface area contributed by atoms with Gasteiger partial charge in [-0.2, -0.15) is 10.4 Å². The predicted octanol–water partition coefficient (Wildman–Crippen LogP) is 3.62. The summed E-state index contributed by atoms with van der Waals surface area (Å²) in [6.45, 7) is 0. The highest BCUT2D eigenvalue weighted by atomic mass is 19.1. The van der Waals surface area contributed by atoms with Crippen molar-refractivity contribution in [2.24, 2.45) is 23.7 Å². The molecule has 0 aliphatic heterocycles. The first-order valence-corrected chi connectivity index (χ1v) is 11.4. The van der Waals surface area contributed by atoms with E-state index in [-0.39, 0.29) is 46.7 Å². The number of rotatable bonds is 5. The van der Waals surface area contributed by atoms with Crippen molar-refractivity contribution in [1.29, 1.82) is 5.26 Å². The highest BCUT2D eigenvalue weighted by molar-refractivity contribution is 5.88. The Morgan fingerprint density at radius 1 is 1.21 bits per heavy atom. The quantitative estimate of drug-likeness (QED) is 0.519. The molecule has 4 aliphatic rings. The number of aliphatic carboxylic acids is 1. The molecule has 9 nitrogen and oxygen atoms in total. The number of nitrogens with zero attached hydrogens (tertiary/aromatic N) is 5. The Morgan fingerprint density at radius 3 is 2.68 bits per heavy atom. The third-order valence-electron chi connectivity index (χ3n) is 7.59. The van der Waals surface area contributed by atoms with Gasteiger partial charge in [0.25, 0.3) is 0 Å². The summed E-state index contributed by atoms with van der Waals surface area (Å²) in [5.74, 6) is -3.40. The first kappa shape index (κ1) is 20.9. The summed E-state index contributed by atoms with van der Waals surface area (Å²) < 4.78 is 29.5. The largest absolute Gasteiger partial charge is 0.481 e. The van der Waals surface area contributed by atoms with Gasteiger partial charge >= 0.3 is 5.97 Å². The van der Waals surface area contributed by atoms with Crippen LogP contribution in [0.5, 0.6) is 0 Å². The van der Waals surface area contributed by atoms with Gasteiger partial charge in [0.2, 0.25) is 0 Å². The molecule has 4 saturated carbocycles. The number of nitrogens with one attached hydrogen (secondary N) is 2. The van der Waals surface area contributed by atoms with Crippen LogP contribution in [-0.2, 0) is 4.79 Å². The summed E-state index contributed by atoms with van der Waals surface area (Å²) in [4.78, 5) is 24.8. The molecule has 2 bridgehead atoms. The molecule has 4 fully saturated rings. The molecule has 3 heterocycles. The van der Waals surface area contributed by atoms with Crippen molar-refractivity contribution in [3.63, 3.8) is 0 Å². The molecular weight excluding hydrogens is 444 g/mol. The van der Waals surface area contributed by atoms with E-state index in [1.807, 2.05) is 0 Å². The van der Waals surface area contributed by atoms with Crippen LogP contribution in [0, 0.1) is 46.6 Å². The molecular formula is C23H21F2N7O2. The third kappa shape index (κ3) is 3.28. The molecule has 0 radical (unpaired) electrons. The number of hydrogen-bond donors (Lipinski definition) is 3. The molecule has 0 saturated heterocycles. The number of halogens is 2. The highest BCUT2D eigenvalue weighted by Crippen LogP contribution is 2.49. The number of carboxylic acids is 1. The lowest BCUT2D eigenvalue weighted by atomic mass is 9.61. The Bertz CT molecular complexity index is 1350. The van der Waals surface area contributed by atoms with Crippen LogP contribution >= 0.6 is 0 Å². The Labute approximate surface area is 192 Å². The van der Waals surface area contributed by atoms with Crippen LogP contribution in [0.4, 0.5) is 14.6 Å². The standard InChI is InChI=1S/C23H21F2N7O2/c24-12-6-14-19(31-32-20(14)27-8-12)22-29-18(13-5-11(13)7-26)16(25)21(30-22)28-17-10-3-1-9(2-4-10)15(17)23(33)34/h6,8-11,13,15,17H,1-5H2,(H,33,34)(H,27,31,32)(H,28,29,30)/t9?,10?,11?,13?,15-,17-/m0/s1. The van der Waals surface area contributed by atoms with Gasteiger partial charge in [0.15, 0.2) is 23.1 Å². The van der Waals surface area contributed by atoms with E-state index in [9.17, 15) is 19.6 Å². The zero-order valence-corrected chi connectivity index (χ0v) is 18.0. The Morgan fingerprint density at radius 2 is 1.97 bits per heavy atom. The maximum atomic E-state index is 15.7. The fraction of sp³-hybridized carbons (Fsp3) is 0.478. The molecule has 0 aromatic carbocycles. The fourth-order valence-electron chi connectivity index (χ4n) is 5.77. The third-order valence-corrected chi connectivity index (χ3v) is 7.59. The summed E-state index contributed by atoms with van der Waals surface area (Å²) in [6, 6.07) is 2.93. The first-order valence-electron chi connectivity index (χ1n) is 11.4. The van der Waals surface area contributed by atoms with E-state index in [1.54, 1.807) is 0 Å². The summed E-state index contributed by atoms with van der Waals surface area (Å²) in [6.07, 6.45) is 5.00. The molecule has 3 aromatic rings. The van der Waals surface area contributed by atoms with Crippen LogP contribution in [0.1, 0.15) is 43.7 Å². The molecule has 0 amide bonds. The molecule has 7 rings (SSSR count). The number of hydrogen-bond acceptors (Lipinski definition) is 7. The molecule has 4 atom stereocenters. The number of nitriles is 1. The second-order valence-electron chi connectivity index (χ2n) is 9.50. The van der Waals surface area contributed by atoms with E-state index in [4.69, 9.17) is 0 Å². The number of H-pyrrole nitrogens is 1. The molecule has 174 valence electrons. The van der Waals surface area contributed by atoms with Gasteiger partial charge < -0.3 is 10.4 Å². The maximum Gasteiger partial charge on any atom is 0.308 e. The number of aromatic nitrogens is 5. The molecule has 3 aromatic heterocycles. The van der Waals surface area contributed by atoms with Gasteiger partial charge in [-0.25, -0.2) is 23.7 Å². The van der Waals surface area contributed by atoms with Gasteiger partial charge in [-0.1, -0.05) is 0 Å². The van der Waals surface area contributed by atoms with Crippen molar-refractivity contribution in [3.8, 4) is 17.6 Å². The number of carboxylic acid groups (broad SMARTS) is 1. The van der Waals surface area contributed by atoms with E-state index in [1.165, 1.54) is 6.07 Å². The Hall–Kier alpha value is -3.68. The number of carbonyl (C=O) groups is 1. The van der Waals surface area contributed by atoms with Gasteiger partial charge in [-0.15, -0.1) is 0 Å². The minimum atomic E-state index is -0.895. The number of fused-ring (bicyclic) bond motifs is 4. The van der Waals surface area contributed by atoms with Gasteiger partial charge in [-0.3, -0.25) is 9.89 Å². The minimum absolute atomic E-state index is 0.0413. The number of aromatic amines is 1. The SMILES string of the molecule is N#CC1CC1c1nc(-c2n[nH]c3ncc(F)cc23)nc(N[C@H]2C3CCC(CC3)[C@@H]2C(=O)O)c1F. The van der Waals surface area contributed by atoms with Crippen LogP contribution < -0.4 is 5.32 Å². The maximum absolute atomic E-state index is 15.7. The van der Waals surface area contributed by atoms with Crippen molar-refractivity contribution in [2.75, 3.05) is 5.32 Å². The van der Waals surface area contributed by atoms with Crippen molar-refractivity contribution in [1.82, 2.24) is 25.1 Å². The summed E-state index contributed by atoms with van der Waals surface area (Å²) >= 11 is 0. The zero-order valence-electron chi connectivity index (χ0n) is 18.0. The number of pyridine rings is 1. The Kier molecular flexibility index (Phi) is 4.72. The van der Waals surface area contributed by atoms with E-state index in [2.05, 4.69) is 36.5 Å². The van der Waals surface area contributed by atoms with Crippen LogP contribution in [0.3, 0.4) is 0 Å². The van der Waals surface area contributed by atoms with Gasteiger partial charge in [0.1, 0.15) is 11.5 Å². The molecule has 0 spiro atoms. The Balaban J connectivity index is 1.46. The van der Waals surface area contributed by atoms with Crippen molar-refractivity contribution < 1.29 is 18.7 Å². The van der Waals surface area contributed by atoms with Crippen LogP contribution in [-0.4, -0.2) is 42.3 Å². The van der Waals surface area contributed by atoms with Crippen molar-refractivity contribution in [3.05, 3.63) is 29.6 Å². The molecule has 3 N–H and O–H groups in total. The minimum Gasteiger partial charge on any atom is -0.481 e. The van der Waals surface area contributed by atoms with E-state index < -0.39 is 29.6 Å². The fourth-order valence-corrected chi connectivity index (χ4v) is 5.77. The lowest BCUT2D eigenvalue weighted by Gasteiger charge is -2.47. The second kappa shape index (κ2) is 7.68. The zero-order chi connectivity index (χ0) is 23.6. The average Bonchev–Trinajstić information content (AvgIpc) is 3.51. The van der Waals surface area contributed by atoms with Gasteiger partial charge in [0.05, 0.1) is 35.2 Å². The van der Waals surface area contributed by atoms with E-state index in [0.717, 1.165) is 31.9 Å². The summed E-state index contributed by atoms with van der Waals surface area (Å²) in [5.41, 5.74) is 0.630. The second-order valence-corrected chi connectivity index (χ2v) is 9.50. The molecule has 4 aliphatic carbocycles. The topological polar surface area (TPSA) is 140 Å². The lowest BCUT2D eigenvalue weighted by molar-refractivity contribution is -0.148. The normalized spacial score (nSPS) is 29.7. The summed E-state index contributed by atoms with van der Waals surface area (Å²) in [5, 5.41) is 29.5. The van der Waals surface area contributed by atoms with Crippen LogP contribution in [0.15, 0.2) is 12.3 Å². The van der Waals surface area contributed by atoms with Crippen LogP contribution in [0.2, 0.25) is 0 Å². The predicted molar refractivity (Wildman–Crippen MR) is 115 cm³/mol. The van der Waals surface area contributed by atoms with Crippen molar-refractivity contribution in [2.45, 2.75) is 44.1 Å². The monoisotopic (exact) mass is 465 g/mol. The smallest absolute Gasteiger partial charge is 0.308 e. The molecule has 34 heavy (non-hydrogen) atoms.